The van der Waals surface area contributed by atoms with Crippen molar-refractivity contribution in [3.8, 4) is 5.75 Å². The summed E-state index contributed by atoms with van der Waals surface area (Å²) >= 11 is 0. The molecule has 1 saturated heterocycles. The van der Waals surface area contributed by atoms with Crippen molar-refractivity contribution in [2.75, 3.05) is 18.0 Å². The van der Waals surface area contributed by atoms with Gasteiger partial charge in [-0.1, -0.05) is 6.07 Å². The van der Waals surface area contributed by atoms with E-state index >= 15 is 0 Å². The minimum absolute atomic E-state index is 0.00987. The molecule has 6 heteroatoms. The molecule has 1 aromatic carbocycles. The van der Waals surface area contributed by atoms with Crippen LogP contribution < -0.4 is 9.64 Å². The Bertz CT molecular complexity index is 928. The van der Waals surface area contributed by atoms with Crippen LogP contribution >= 0.6 is 0 Å². The number of anilines is 1. The van der Waals surface area contributed by atoms with Crippen LogP contribution in [0.15, 0.2) is 35.6 Å². The number of hydrogen-bond donors (Lipinski definition) is 0. The third-order valence-corrected chi connectivity index (χ3v) is 5.70. The Morgan fingerprint density at radius 2 is 1.89 bits per heavy atom. The molecule has 2 aromatic rings. The lowest BCUT2D eigenvalue weighted by molar-refractivity contribution is -0.00546. The van der Waals surface area contributed by atoms with Crippen molar-refractivity contribution in [2.45, 2.75) is 58.0 Å². The molecule has 6 nitrogen and oxygen atoms in total. The molecule has 5 rings (SSSR count). The highest BCUT2D eigenvalue weighted by Gasteiger charge is 2.40. The average molecular weight is 378 g/mol. The Morgan fingerprint density at radius 3 is 2.64 bits per heavy atom. The molecule has 0 amide bonds. The van der Waals surface area contributed by atoms with E-state index in [4.69, 9.17) is 14.5 Å². The monoisotopic (exact) mass is 378 g/mol. The van der Waals surface area contributed by atoms with Gasteiger partial charge in [0.15, 0.2) is 0 Å². The highest BCUT2D eigenvalue weighted by Crippen LogP contribution is 2.40. The highest BCUT2D eigenvalue weighted by molar-refractivity contribution is 6.14. The van der Waals surface area contributed by atoms with E-state index < -0.39 is 0 Å². The Morgan fingerprint density at radius 1 is 1.11 bits per heavy atom. The molecule has 0 radical (unpaired) electrons. The van der Waals surface area contributed by atoms with E-state index in [1.54, 1.807) is 6.33 Å². The van der Waals surface area contributed by atoms with E-state index in [9.17, 15) is 0 Å². The molecule has 1 saturated carbocycles. The van der Waals surface area contributed by atoms with Gasteiger partial charge in [-0.05, 0) is 51.3 Å². The molecular formula is C22H26N4O2. The summed E-state index contributed by atoms with van der Waals surface area (Å²) in [4.78, 5) is 16.1. The molecule has 0 unspecified atom stereocenters. The standard InChI is InChI=1S/C22H26N4O2/c1-14-11-26(12-15(2)27-14)20-9-19(24-13-25-20)21-18-8-17(28-22(3)6-7-22)5-4-16(18)10-23-21/h4-5,8-9,13-15H,6-7,10-12H2,1-3H3/t14-,15+. The quantitative estimate of drug-likeness (QED) is 0.816. The van der Waals surface area contributed by atoms with E-state index in [1.165, 1.54) is 5.56 Å². The van der Waals surface area contributed by atoms with Crippen LogP contribution in [-0.4, -0.2) is 46.6 Å². The first-order valence-electron chi connectivity index (χ1n) is 10.1. The van der Waals surface area contributed by atoms with Crippen LogP contribution in [0.2, 0.25) is 0 Å². The second-order valence-corrected chi connectivity index (χ2v) is 8.46. The summed E-state index contributed by atoms with van der Waals surface area (Å²) in [6, 6.07) is 8.35. The first-order valence-corrected chi connectivity index (χ1v) is 10.1. The van der Waals surface area contributed by atoms with Crippen LogP contribution in [0.5, 0.6) is 5.75 Å². The first-order chi connectivity index (χ1) is 13.5. The average Bonchev–Trinajstić information content (AvgIpc) is 3.24. The van der Waals surface area contributed by atoms with Gasteiger partial charge >= 0.3 is 0 Å². The summed E-state index contributed by atoms with van der Waals surface area (Å²) in [5, 5.41) is 0. The van der Waals surface area contributed by atoms with Crippen molar-refractivity contribution in [1.82, 2.24) is 9.97 Å². The molecule has 3 heterocycles. The van der Waals surface area contributed by atoms with E-state index in [0.717, 1.165) is 54.5 Å². The van der Waals surface area contributed by atoms with Crippen molar-refractivity contribution in [1.29, 1.82) is 0 Å². The van der Waals surface area contributed by atoms with E-state index in [0.29, 0.717) is 6.54 Å². The van der Waals surface area contributed by atoms with Crippen molar-refractivity contribution < 1.29 is 9.47 Å². The van der Waals surface area contributed by atoms with Gasteiger partial charge in [0.2, 0.25) is 0 Å². The SMILES string of the molecule is C[C@@H]1CN(c2cc(C3=NCc4ccc(OC5(C)CC5)cc43)ncn2)C[C@H](C)O1. The Hall–Kier alpha value is -2.47. The third kappa shape index (κ3) is 3.37. The number of ether oxygens (including phenoxy) is 2. The number of morpholine rings is 1. The molecule has 0 spiro atoms. The maximum absolute atomic E-state index is 6.15. The van der Waals surface area contributed by atoms with Crippen LogP contribution in [0.3, 0.4) is 0 Å². The van der Waals surface area contributed by atoms with Crippen LogP contribution in [0.4, 0.5) is 5.82 Å². The number of hydrogen-bond acceptors (Lipinski definition) is 6. The smallest absolute Gasteiger partial charge is 0.132 e. The molecule has 2 aliphatic heterocycles. The molecule has 0 N–H and O–H groups in total. The fraction of sp³-hybridized carbons (Fsp3) is 0.500. The van der Waals surface area contributed by atoms with Crippen molar-refractivity contribution >= 4 is 11.5 Å². The Labute approximate surface area is 165 Å². The van der Waals surface area contributed by atoms with E-state index in [2.05, 4.69) is 59.9 Å². The first kappa shape index (κ1) is 17.6. The lowest BCUT2D eigenvalue weighted by Crippen LogP contribution is -2.45. The lowest BCUT2D eigenvalue weighted by Gasteiger charge is -2.36. The maximum Gasteiger partial charge on any atom is 0.132 e. The number of fused-ring (bicyclic) bond motifs is 1. The van der Waals surface area contributed by atoms with Gasteiger partial charge in [-0.2, -0.15) is 0 Å². The van der Waals surface area contributed by atoms with Crippen molar-refractivity contribution in [3.63, 3.8) is 0 Å². The van der Waals surface area contributed by atoms with Crippen molar-refractivity contribution in [3.05, 3.63) is 47.4 Å². The summed E-state index contributed by atoms with van der Waals surface area (Å²) in [6.45, 7) is 8.72. The fourth-order valence-corrected chi connectivity index (χ4v) is 4.02. The molecule has 3 aliphatic rings. The van der Waals surface area contributed by atoms with Gasteiger partial charge in [0.05, 0.1) is 30.2 Å². The second kappa shape index (κ2) is 6.55. The Kier molecular flexibility index (Phi) is 4.12. The minimum Gasteiger partial charge on any atom is -0.488 e. The lowest BCUT2D eigenvalue weighted by atomic mass is 10.0. The van der Waals surface area contributed by atoms with E-state index in [-0.39, 0.29) is 17.8 Å². The zero-order chi connectivity index (χ0) is 19.3. The molecule has 1 aliphatic carbocycles. The van der Waals surface area contributed by atoms with Gasteiger partial charge < -0.3 is 14.4 Å². The van der Waals surface area contributed by atoms with Gasteiger partial charge in [-0.25, -0.2) is 9.97 Å². The topological polar surface area (TPSA) is 59.8 Å². The number of aliphatic imine (C=N–C) groups is 1. The number of nitrogens with zero attached hydrogens (tertiary/aromatic N) is 4. The zero-order valence-electron chi connectivity index (χ0n) is 16.7. The fourth-order valence-electron chi connectivity index (χ4n) is 4.02. The normalized spacial score (nSPS) is 25.2. The van der Waals surface area contributed by atoms with Gasteiger partial charge in [0.25, 0.3) is 0 Å². The third-order valence-electron chi connectivity index (χ3n) is 5.70. The summed E-state index contributed by atoms with van der Waals surface area (Å²) in [7, 11) is 0. The molecule has 2 atom stereocenters. The molecule has 1 aromatic heterocycles. The van der Waals surface area contributed by atoms with Gasteiger partial charge in [-0.3, -0.25) is 4.99 Å². The summed E-state index contributed by atoms with van der Waals surface area (Å²) in [6.07, 6.45) is 4.26. The number of benzene rings is 1. The molecule has 2 fully saturated rings. The second-order valence-electron chi connectivity index (χ2n) is 8.46. The van der Waals surface area contributed by atoms with Crippen LogP contribution in [-0.2, 0) is 11.3 Å². The summed E-state index contributed by atoms with van der Waals surface area (Å²) < 4.78 is 12.0. The number of rotatable bonds is 4. The predicted octanol–water partition coefficient (Wildman–Crippen LogP) is 3.37. The van der Waals surface area contributed by atoms with Crippen LogP contribution in [0.1, 0.15) is 50.4 Å². The summed E-state index contributed by atoms with van der Waals surface area (Å²) in [5.74, 6) is 1.85. The maximum atomic E-state index is 6.15. The highest BCUT2D eigenvalue weighted by atomic mass is 16.5. The van der Waals surface area contributed by atoms with Crippen LogP contribution in [0, 0.1) is 0 Å². The predicted molar refractivity (Wildman–Crippen MR) is 108 cm³/mol. The summed E-state index contributed by atoms with van der Waals surface area (Å²) in [5.41, 5.74) is 4.15. The molecule has 146 valence electrons. The van der Waals surface area contributed by atoms with Gasteiger partial charge in [0.1, 0.15) is 23.5 Å². The van der Waals surface area contributed by atoms with Crippen molar-refractivity contribution in [2.24, 2.45) is 4.99 Å². The number of aromatic nitrogens is 2. The zero-order valence-corrected chi connectivity index (χ0v) is 16.7. The molecule has 0 bridgehead atoms. The Balaban J connectivity index is 1.43. The van der Waals surface area contributed by atoms with Crippen LogP contribution in [0.25, 0.3) is 0 Å². The molecular weight excluding hydrogens is 352 g/mol. The van der Waals surface area contributed by atoms with Gasteiger partial charge in [0, 0.05) is 24.7 Å². The van der Waals surface area contributed by atoms with E-state index in [1.807, 2.05) is 0 Å². The minimum atomic E-state index is 0.00987. The molecule has 28 heavy (non-hydrogen) atoms. The largest absolute Gasteiger partial charge is 0.488 e. The van der Waals surface area contributed by atoms with Gasteiger partial charge in [-0.15, -0.1) is 0 Å².